The van der Waals surface area contributed by atoms with Gasteiger partial charge in [-0.1, -0.05) is 11.6 Å². The fourth-order valence-corrected chi connectivity index (χ4v) is 1.52. The number of hydrogen-bond donors (Lipinski definition) is 3. The van der Waals surface area contributed by atoms with Crippen LogP contribution < -0.4 is 5.32 Å². The molecule has 78 valence electrons. The van der Waals surface area contributed by atoms with Crippen molar-refractivity contribution in [1.29, 1.82) is 0 Å². The highest BCUT2D eigenvalue weighted by atomic mass is 79.9. The van der Waals surface area contributed by atoms with Gasteiger partial charge in [0.25, 0.3) is 0 Å². The third kappa shape index (κ3) is 3.42. The lowest BCUT2D eigenvalue weighted by Gasteiger charge is -2.10. The number of aliphatic hydroxyl groups excluding tert-OH is 2. The Hall–Kier alpha value is -0.360. The summed E-state index contributed by atoms with van der Waals surface area (Å²) >= 11 is 9.08. The van der Waals surface area contributed by atoms with Crippen LogP contribution in [0.15, 0.2) is 16.7 Å². The molecule has 0 saturated heterocycles. The minimum atomic E-state index is -0.809. The zero-order valence-corrected chi connectivity index (χ0v) is 9.59. The lowest BCUT2D eigenvalue weighted by atomic mass is 10.3. The SMILES string of the molecule is OCC(O)CNc1ncc(Br)cc1Cl. The number of aliphatic hydroxyl groups is 2. The first-order chi connectivity index (χ1) is 6.63. The van der Waals surface area contributed by atoms with E-state index in [4.69, 9.17) is 21.8 Å². The zero-order valence-electron chi connectivity index (χ0n) is 7.24. The van der Waals surface area contributed by atoms with Crippen LogP contribution in [-0.2, 0) is 0 Å². The number of anilines is 1. The van der Waals surface area contributed by atoms with Crippen molar-refractivity contribution < 1.29 is 10.2 Å². The summed E-state index contributed by atoms with van der Waals surface area (Å²) in [7, 11) is 0. The number of aromatic nitrogens is 1. The molecule has 0 radical (unpaired) electrons. The van der Waals surface area contributed by atoms with Crippen LogP contribution in [0.1, 0.15) is 0 Å². The Morgan fingerprint density at radius 2 is 2.36 bits per heavy atom. The van der Waals surface area contributed by atoms with Crippen LogP contribution in [0.5, 0.6) is 0 Å². The number of nitrogens with zero attached hydrogens (tertiary/aromatic N) is 1. The van der Waals surface area contributed by atoms with E-state index in [9.17, 15) is 0 Å². The van der Waals surface area contributed by atoms with E-state index in [0.717, 1.165) is 4.47 Å². The summed E-state index contributed by atoms with van der Waals surface area (Å²) in [5, 5.41) is 20.9. The molecule has 4 nitrogen and oxygen atoms in total. The van der Waals surface area contributed by atoms with Crippen LogP contribution in [0.25, 0.3) is 0 Å². The van der Waals surface area contributed by atoms with Crippen LogP contribution in [-0.4, -0.2) is 34.5 Å². The van der Waals surface area contributed by atoms with Gasteiger partial charge in [-0.25, -0.2) is 4.98 Å². The molecule has 0 bridgehead atoms. The molecule has 0 aromatic carbocycles. The average molecular weight is 282 g/mol. The van der Waals surface area contributed by atoms with Crippen molar-refractivity contribution >= 4 is 33.3 Å². The molecule has 3 N–H and O–H groups in total. The smallest absolute Gasteiger partial charge is 0.144 e. The number of pyridine rings is 1. The quantitative estimate of drug-likeness (QED) is 0.777. The second-order valence-electron chi connectivity index (χ2n) is 2.70. The van der Waals surface area contributed by atoms with E-state index in [1.54, 1.807) is 12.3 Å². The minimum Gasteiger partial charge on any atom is -0.394 e. The molecule has 1 rings (SSSR count). The molecule has 0 saturated carbocycles. The maximum Gasteiger partial charge on any atom is 0.144 e. The summed E-state index contributed by atoms with van der Waals surface area (Å²) in [5.74, 6) is 0.488. The Morgan fingerprint density at radius 1 is 1.64 bits per heavy atom. The molecule has 6 heteroatoms. The van der Waals surface area contributed by atoms with Crippen molar-refractivity contribution in [2.75, 3.05) is 18.5 Å². The molecule has 14 heavy (non-hydrogen) atoms. The van der Waals surface area contributed by atoms with Gasteiger partial charge in [0.05, 0.1) is 17.7 Å². The number of hydrogen-bond acceptors (Lipinski definition) is 4. The van der Waals surface area contributed by atoms with E-state index < -0.39 is 6.10 Å². The van der Waals surface area contributed by atoms with Crippen molar-refractivity contribution in [3.05, 3.63) is 21.8 Å². The summed E-state index contributed by atoms with van der Waals surface area (Å²) < 4.78 is 0.788. The third-order valence-electron chi connectivity index (χ3n) is 1.52. The van der Waals surface area contributed by atoms with Crippen LogP contribution in [0, 0.1) is 0 Å². The van der Waals surface area contributed by atoms with Crippen molar-refractivity contribution in [3.63, 3.8) is 0 Å². The monoisotopic (exact) mass is 280 g/mol. The molecule has 0 amide bonds. The van der Waals surface area contributed by atoms with Crippen molar-refractivity contribution in [2.24, 2.45) is 0 Å². The zero-order chi connectivity index (χ0) is 10.6. The Morgan fingerprint density at radius 3 is 2.93 bits per heavy atom. The van der Waals surface area contributed by atoms with E-state index in [2.05, 4.69) is 26.2 Å². The molecule has 1 aromatic rings. The molecule has 1 atom stereocenters. The Labute approximate surface area is 95.1 Å². The summed E-state index contributed by atoms with van der Waals surface area (Å²) in [6, 6.07) is 1.70. The largest absolute Gasteiger partial charge is 0.394 e. The average Bonchev–Trinajstić information content (AvgIpc) is 2.16. The molecule has 1 unspecified atom stereocenters. The van der Waals surface area contributed by atoms with Gasteiger partial charge in [0, 0.05) is 17.2 Å². The Kier molecular flexibility index (Phi) is 4.60. The van der Waals surface area contributed by atoms with Crippen LogP contribution in [0.3, 0.4) is 0 Å². The van der Waals surface area contributed by atoms with Gasteiger partial charge in [0.1, 0.15) is 5.82 Å². The lowest BCUT2D eigenvalue weighted by Crippen LogP contribution is -2.23. The highest BCUT2D eigenvalue weighted by molar-refractivity contribution is 9.10. The predicted molar refractivity (Wildman–Crippen MR) is 58.5 cm³/mol. The van der Waals surface area contributed by atoms with Gasteiger partial charge in [-0.3, -0.25) is 0 Å². The maximum absolute atomic E-state index is 9.07. The highest BCUT2D eigenvalue weighted by Gasteiger charge is 2.05. The van der Waals surface area contributed by atoms with E-state index in [0.29, 0.717) is 10.8 Å². The maximum atomic E-state index is 9.07. The van der Waals surface area contributed by atoms with E-state index >= 15 is 0 Å². The normalized spacial score (nSPS) is 12.6. The van der Waals surface area contributed by atoms with Gasteiger partial charge in [-0.15, -0.1) is 0 Å². The molecule has 1 heterocycles. The fourth-order valence-electron chi connectivity index (χ4n) is 0.824. The van der Waals surface area contributed by atoms with Gasteiger partial charge in [0.15, 0.2) is 0 Å². The summed E-state index contributed by atoms with van der Waals surface area (Å²) in [5.41, 5.74) is 0. The first kappa shape index (κ1) is 11.7. The molecule has 1 aromatic heterocycles. The van der Waals surface area contributed by atoms with Gasteiger partial charge >= 0.3 is 0 Å². The summed E-state index contributed by atoms with van der Waals surface area (Å²) in [6.45, 7) is -0.0774. The van der Waals surface area contributed by atoms with Crippen molar-refractivity contribution in [3.8, 4) is 0 Å². The van der Waals surface area contributed by atoms with Crippen LogP contribution >= 0.6 is 27.5 Å². The van der Waals surface area contributed by atoms with Gasteiger partial charge in [-0.05, 0) is 22.0 Å². The standard InChI is InChI=1S/C8H10BrClN2O2/c9-5-1-7(10)8(11-2-5)12-3-6(14)4-13/h1-2,6,13-14H,3-4H2,(H,11,12). The molecule has 0 aliphatic rings. The predicted octanol–water partition coefficient (Wildman–Crippen LogP) is 1.26. The van der Waals surface area contributed by atoms with Gasteiger partial charge in [-0.2, -0.15) is 0 Å². The summed E-state index contributed by atoms with van der Waals surface area (Å²) in [4.78, 5) is 4.00. The van der Waals surface area contributed by atoms with Gasteiger partial charge < -0.3 is 15.5 Å². The van der Waals surface area contributed by atoms with Crippen LogP contribution in [0.4, 0.5) is 5.82 Å². The summed E-state index contributed by atoms with van der Waals surface area (Å²) in [6.07, 6.45) is 0.788. The Bertz CT molecular complexity index is 311. The van der Waals surface area contributed by atoms with Crippen molar-refractivity contribution in [2.45, 2.75) is 6.10 Å². The Balaban J connectivity index is 2.59. The highest BCUT2D eigenvalue weighted by Crippen LogP contribution is 2.22. The van der Waals surface area contributed by atoms with Crippen LogP contribution in [0.2, 0.25) is 5.02 Å². The topological polar surface area (TPSA) is 65.4 Å². The molecule has 0 aliphatic carbocycles. The minimum absolute atomic E-state index is 0.213. The molecule has 0 spiro atoms. The number of nitrogens with one attached hydrogen (secondary N) is 1. The molecule has 0 fully saturated rings. The lowest BCUT2D eigenvalue weighted by molar-refractivity contribution is 0.105. The second-order valence-corrected chi connectivity index (χ2v) is 4.02. The first-order valence-electron chi connectivity index (χ1n) is 3.97. The molecular weight excluding hydrogens is 271 g/mol. The fraction of sp³-hybridized carbons (Fsp3) is 0.375. The number of rotatable bonds is 4. The first-order valence-corrected chi connectivity index (χ1v) is 5.14. The van der Waals surface area contributed by atoms with Crippen molar-refractivity contribution in [1.82, 2.24) is 4.98 Å². The van der Waals surface area contributed by atoms with E-state index in [-0.39, 0.29) is 13.2 Å². The van der Waals surface area contributed by atoms with E-state index in [1.165, 1.54) is 0 Å². The third-order valence-corrected chi connectivity index (χ3v) is 2.25. The van der Waals surface area contributed by atoms with E-state index in [1.807, 2.05) is 0 Å². The molecule has 0 aliphatic heterocycles. The number of halogens is 2. The van der Waals surface area contributed by atoms with Gasteiger partial charge in [0.2, 0.25) is 0 Å². The second kappa shape index (κ2) is 5.50. The molecular formula is C8H10BrClN2O2.